The van der Waals surface area contributed by atoms with Crippen molar-refractivity contribution in [3.8, 4) is 11.8 Å². The predicted molar refractivity (Wildman–Crippen MR) is 90.5 cm³/mol. The van der Waals surface area contributed by atoms with Crippen LogP contribution in [0.1, 0.15) is 22.8 Å². The number of hydrogen-bond donors (Lipinski definition) is 1. The maximum Gasteiger partial charge on any atom is 0.229 e. The number of ketones is 1. The van der Waals surface area contributed by atoms with Crippen LogP contribution in [0.3, 0.4) is 0 Å². The number of ether oxygens (including phenoxy) is 1. The zero-order valence-corrected chi connectivity index (χ0v) is 14.0. The van der Waals surface area contributed by atoms with E-state index in [0.717, 1.165) is 6.26 Å². The number of carbonyl (C=O) groups is 1. The van der Waals surface area contributed by atoms with Crippen molar-refractivity contribution in [3.63, 3.8) is 0 Å². The Kier molecular flexibility index (Phi) is 5.21. The van der Waals surface area contributed by atoms with Crippen LogP contribution in [0.4, 0.5) is 5.69 Å². The van der Waals surface area contributed by atoms with E-state index in [2.05, 4.69) is 4.72 Å². The Bertz CT molecular complexity index is 884. The third-order valence-electron chi connectivity index (χ3n) is 3.12. The summed E-state index contributed by atoms with van der Waals surface area (Å²) in [5.41, 5.74) is 1.23. The molecule has 2 aromatic rings. The van der Waals surface area contributed by atoms with Gasteiger partial charge in [0.1, 0.15) is 5.75 Å². The van der Waals surface area contributed by atoms with Gasteiger partial charge < -0.3 is 4.74 Å². The fourth-order valence-corrected chi connectivity index (χ4v) is 2.61. The first kappa shape index (κ1) is 17.5. The van der Waals surface area contributed by atoms with E-state index in [1.54, 1.807) is 31.2 Å². The largest absolute Gasteiger partial charge is 0.483 e. The van der Waals surface area contributed by atoms with Gasteiger partial charge in [0.15, 0.2) is 6.10 Å². The van der Waals surface area contributed by atoms with E-state index < -0.39 is 16.1 Å². The molecule has 0 unspecified atom stereocenters. The molecule has 124 valence electrons. The van der Waals surface area contributed by atoms with Crippen molar-refractivity contribution >= 4 is 21.5 Å². The van der Waals surface area contributed by atoms with Gasteiger partial charge in [-0.05, 0) is 49.4 Å². The summed E-state index contributed by atoms with van der Waals surface area (Å²) in [7, 11) is -3.36. The van der Waals surface area contributed by atoms with Crippen LogP contribution < -0.4 is 9.46 Å². The molecule has 0 amide bonds. The quantitative estimate of drug-likeness (QED) is 0.813. The number of benzene rings is 2. The first-order valence-electron chi connectivity index (χ1n) is 7.07. The summed E-state index contributed by atoms with van der Waals surface area (Å²) in [5, 5.41) is 8.87. The Morgan fingerprint density at radius 1 is 1.21 bits per heavy atom. The molecule has 0 aromatic heterocycles. The molecule has 0 saturated carbocycles. The Labute approximate surface area is 140 Å². The fourth-order valence-electron chi connectivity index (χ4n) is 2.05. The van der Waals surface area contributed by atoms with Crippen molar-refractivity contribution in [2.24, 2.45) is 0 Å². The van der Waals surface area contributed by atoms with Crippen LogP contribution in [0.25, 0.3) is 0 Å². The average molecular weight is 344 g/mol. The summed E-state index contributed by atoms with van der Waals surface area (Å²) in [4.78, 5) is 12.4. The molecule has 0 aliphatic heterocycles. The third kappa shape index (κ3) is 4.83. The first-order chi connectivity index (χ1) is 11.3. The predicted octanol–water partition coefficient (Wildman–Crippen LogP) is 2.58. The zero-order chi connectivity index (χ0) is 17.7. The van der Waals surface area contributed by atoms with Gasteiger partial charge in [-0.1, -0.05) is 6.07 Å². The molecule has 0 aliphatic rings. The number of nitriles is 1. The van der Waals surface area contributed by atoms with E-state index in [9.17, 15) is 13.2 Å². The zero-order valence-electron chi connectivity index (χ0n) is 13.2. The molecule has 7 heteroatoms. The van der Waals surface area contributed by atoms with Crippen LogP contribution in [0.5, 0.6) is 5.75 Å². The molecule has 0 heterocycles. The molecular formula is C17H16N2O4S. The van der Waals surface area contributed by atoms with Crippen LogP contribution in [0, 0.1) is 11.3 Å². The molecule has 24 heavy (non-hydrogen) atoms. The minimum absolute atomic E-state index is 0.247. The monoisotopic (exact) mass is 344 g/mol. The lowest BCUT2D eigenvalue weighted by atomic mass is 10.1. The highest BCUT2D eigenvalue weighted by Crippen LogP contribution is 2.17. The van der Waals surface area contributed by atoms with Crippen molar-refractivity contribution in [1.29, 1.82) is 5.26 Å². The number of hydrogen-bond acceptors (Lipinski definition) is 5. The van der Waals surface area contributed by atoms with Crippen LogP contribution in [0.2, 0.25) is 0 Å². The third-order valence-corrected chi connectivity index (χ3v) is 3.72. The summed E-state index contributed by atoms with van der Waals surface area (Å²) >= 11 is 0. The fraction of sp³-hybridized carbons (Fsp3) is 0.176. The van der Waals surface area contributed by atoms with Gasteiger partial charge in [0, 0.05) is 11.3 Å². The number of Topliss-reactive ketones (excluding diaryl/α,β-unsaturated/α-hetero) is 1. The van der Waals surface area contributed by atoms with E-state index in [-0.39, 0.29) is 5.78 Å². The summed E-state index contributed by atoms with van der Waals surface area (Å²) in [5.74, 6) is 0.188. The standard InChI is InChI=1S/C17H16N2O4S/c1-12(23-16-5-3-4-13(10-16)11-18)17(20)14-6-8-15(9-7-14)19-24(2,21)22/h3-10,12,19H,1-2H3/t12-/m1/s1. The summed E-state index contributed by atoms with van der Waals surface area (Å²) in [6.45, 7) is 1.62. The topological polar surface area (TPSA) is 96.3 Å². The number of anilines is 1. The van der Waals surface area contributed by atoms with Gasteiger partial charge in [-0.2, -0.15) is 5.26 Å². The average Bonchev–Trinajstić information content (AvgIpc) is 2.53. The molecule has 1 atom stereocenters. The number of rotatable bonds is 6. The van der Waals surface area contributed by atoms with Crippen molar-refractivity contribution in [2.75, 3.05) is 11.0 Å². The smallest absolute Gasteiger partial charge is 0.229 e. The number of nitrogens with zero attached hydrogens (tertiary/aromatic N) is 1. The maximum absolute atomic E-state index is 12.4. The van der Waals surface area contributed by atoms with Crippen LogP contribution in [0.15, 0.2) is 48.5 Å². The lowest BCUT2D eigenvalue weighted by molar-refractivity contribution is 0.0818. The highest BCUT2D eigenvalue weighted by molar-refractivity contribution is 7.92. The maximum atomic E-state index is 12.4. The SMILES string of the molecule is C[C@@H](Oc1cccc(C#N)c1)C(=O)c1ccc(NS(C)(=O)=O)cc1. The Morgan fingerprint density at radius 3 is 2.46 bits per heavy atom. The van der Waals surface area contributed by atoms with Gasteiger partial charge >= 0.3 is 0 Å². The summed E-state index contributed by atoms with van der Waals surface area (Å²) in [6, 6.07) is 14.6. The van der Waals surface area contributed by atoms with Gasteiger partial charge in [0.25, 0.3) is 0 Å². The van der Waals surface area contributed by atoms with Crippen molar-refractivity contribution < 1.29 is 17.9 Å². The summed E-state index contributed by atoms with van der Waals surface area (Å²) in [6.07, 6.45) is 0.310. The highest BCUT2D eigenvalue weighted by Gasteiger charge is 2.17. The number of carbonyl (C=O) groups excluding carboxylic acids is 1. The summed E-state index contributed by atoms with van der Waals surface area (Å²) < 4.78 is 30.2. The van der Waals surface area contributed by atoms with Crippen molar-refractivity contribution in [1.82, 2.24) is 0 Å². The number of sulfonamides is 1. The second kappa shape index (κ2) is 7.15. The van der Waals surface area contributed by atoms with Crippen LogP contribution in [-0.4, -0.2) is 26.6 Å². The normalized spacial score (nSPS) is 12.0. The molecule has 0 spiro atoms. The minimum Gasteiger partial charge on any atom is -0.483 e. The second-order valence-electron chi connectivity index (χ2n) is 5.22. The first-order valence-corrected chi connectivity index (χ1v) is 8.96. The minimum atomic E-state index is -3.36. The molecule has 0 saturated heterocycles. The molecular weight excluding hydrogens is 328 g/mol. The van der Waals surface area contributed by atoms with Gasteiger partial charge in [0.2, 0.25) is 15.8 Å². The molecule has 0 radical (unpaired) electrons. The Morgan fingerprint density at radius 2 is 1.88 bits per heavy atom. The molecule has 2 aromatic carbocycles. The lowest BCUT2D eigenvalue weighted by Crippen LogP contribution is -2.24. The molecule has 2 rings (SSSR count). The van der Waals surface area contributed by atoms with Gasteiger partial charge in [0.05, 0.1) is 17.9 Å². The van der Waals surface area contributed by atoms with E-state index in [1.807, 2.05) is 6.07 Å². The van der Waals surface area contributed by atoms with Gasteiger partial charge in [-0.3, -0.25) is 9.52 Å². The number of nitrogens with one attached hydrogen (secondary N) is 1. The lowest BCUT2D eigenvalue weighted by Gasteiger charge is -2.14. The Balaban J connectivity index is 2.08. The van der Waals surface area contributed by atoms with E-state index >= 15 is 0 Å². The molecule has 0 fully saturated rings. The van der Waals surface area contributed by atoms with Crippen molar-refractivity contribution in [2.45, 2.75) is 13.0 Å². The molecule has 1 N–H and O–H groups in total. The van der Waals surface area contributed by atoms with Crippen LogP contribution in [-0.2, 0) is 10.0 Å². The van der Waals surface area contributed by atoms with E-state index in [0.29, 0.717) is 22.6 Å². The van der Waals surface area contributed by atoms with Crippen LogP contribution >= 0.6 is 0 Å². The van der Waals surface area contributed by atoms with Gasteiger partial charge in [-0.25, -0.2) is 8.42 Å². The van der Waals surface area contributed by atoms with Crippen molar-refractivity contribution in [3.05, 3.63) is 59.7 Å². The van der Waals surface area contributed by atoms with E-state index in [4.69, 9.17) is 10.00 Å². The molecule has 6 nitrogen and oxygen atoms in total. The Hall–Kier alpha value is -2.85. The second-order valence-corrected chi connectivity index (χ2v) is 6.96. The highest BCUT2D eigenvalue weighted by atomic mass is 32.2. The molecule has 0 aliphatic carbocycles. The van der Waals surface area contributed by atoms with E-state index in [1.165, 1.54) is 24.3 Å². The van der Waals surface area contributed by atoms with Gasteiger partial charge in [-0.15, -0.1) is 0 Å². The molecule has 0 bridgehead atoms.